The smallest absolute Gasteiger partial charge is 0.164 e. The van der Waals surface area contributed by atoms with E-state index >= 15 is 0 Å². The number of hydrogen-bond acceptors (Lipinski definition) is 7. The quantitative estimate of drug-likeness (QED) is 0.534. The number of hydrazone groups is 1. The van der Waals surface area contributed by atoms with Gasteiger partial charge in [0, 0.05) is 30.0 Å². The third kappa shape index (κ3) is 4.01. The minimum absolute atomic E-state index is 0.0751. The SMILES string of the molecule is COCc1cc(C)nc(N/N=C/c2cc(Br)c(O)cc2O)c1C#N. The van der Waals surface area contributed by atoms with Crippen molar-refractivity contribution in [3.8, 4) is 17.6 Å². The topological polar surface area (TPSA) is 111 Å². The number of methoxy groups -OCH3 is 1. The lowest BCUT2D eigenvalue weighted by Gasteiger charge is -2.09. The molecular weight excluding hydrogens is 376 g/mol. The number of nitriles is 1. The number of phenols is 2. The van der Waals surface area contributed by atoms with Crippen molar-refractivity contribution >= 4 is 28.0 Å². The van der Waals surface area contributed by atoms with E-state index in [0.29, 0.717) is 32.7 Å². The first-order chi connectivity index (χ1) is 11.5. The minimum atomic E-state index is -0.126. The Morgan fingerprint density at radius 3 is 2.79 bits per heavy atom. The molecule has 2 aromatic rings. The lowest BCUT2D eigenvalue weighted by molar-refractivity contribution is 0.184. The predicted molar refractivity (Wildman–Crippen MR) is 93.1 cm³/mol. The molecule has 0 radical (unpaired) electrons. The summed E-state index contributed by atoms with van der Waals surface area (Å²) in [6, 6.07) is 6.58. The van der Waals surface area contributed by atoms with Crippen molar-refractivity contribution < 1.29 is 14.9 Å². The second kappa shape index (κ2) is 7.77. The van der Waals surface area contributed by atoms with Crippen LogP contribution < -0.4 is 5.43 Å². The van der Waals surface area contributed by atoms with E-state index in [1.165, 1.54) is 18.3 Å². The molecule has 0 aliphatic heterocycles. The number of nitrogens with zero attached hydrogens (tertiary/aromatic N) is 3. The number of rotatable bonds is 5. The number of hydrogen-bond donors (Lipinski definition) is 3. The Labute approximate surface area is 147 Å². The number of aromatic nitrogens is 1. The van der Waals surface area contributed by atoms with E-state index in [9.17, 15) is 15.5 Å². The predicted octanol–water partition coefficient (Wildman–Crippen LogP) is 3.03. The molecule has 2 rings (SSSR count). The Morgan fingerprint density at radius 2 is 2.12 bits per heavy atom. The molecule has 0 aliphatic carbocycles. The zero-order valence-electron chi connectivity index (χ0n) is 13.0. The van der Waals surface area contributed by atoms with Crippen LogP contribution in [0.3, 0.4) is 0 Å². The molecule has 0 saturated carbocycles. The molecule has 1 heterocycles. The Kier molecular flexibility index (Phi) is 5.73. The third-order valence-electron chi connectivity index (χ3n) is 3.11. The summed E-state index contributed by atoms with van der Waals surface area (Å²) >= 11 is 3.16. The summed E-state index contributed by atoms with van der Waals surface area (Å²) in [5.41, 5.74) is 4.86. The molecule has 1 aromatic carbocycles. The first-order valence-corrected chi connectivity index (χ1v) is 7.65. The second-order valence-corrected chi connectivity index (χ2v) is 5.78. The fourth-order valence-electron chi connectivity index (χ4n) is 2.05. The third-order valence-corrected chi connectivity index (χ3v) is 3.75. The first kappa shape index (κ1) is 17.7. The zero-order chi connectivity index (χ0) is 17.7. The molecule has 0 atom stereocenters. The Hall–Kier alpha value is -2.63. The molecule has 0 aliphatic rings. The van der Waals surface area contributed by atoms with Crippen LogP contribution in [0.2, 0.25) is 0 Å². The van der Waals surface area contributed by atoms with Crippen molar-refractivity contribution in [2.45, 2.75) is 13.5 Å². The zero-order valence-corrected chi connectivity index (χ0v) is 14.6. The number of pyridine rings is 1. The number of phenolic OH excluding ortho intramolecular Hbond substituents is 2. The van der Waals surface area contributed by atoms with Gasteiger partial charge in [0.15, 0.2) is 5.82 Å². The van der Waals surface area contributed by atoms with Gasteiger partial charge in [0.2, 0.25) is 0 Å². The van der Waals surface area contributed by atoms with Gasteiger partial charge in [0.25, 0.3) is 0 Å². The number of aromatic hydroxyl groups is 2. The van der Waals surface area contributed by atoms with Gasteiger partial charge in [0.1, 0.15) is 23.1 Å². The van der Waals surface area contributed by atoms with Crippen LogP contribution in [0.1, 0.15) is 22.4 Å². The summed E-state index contributed by atoms with van der Waals surface area (Å²) in [7, 11) is 1.55. The normalized spacial score (nSPS) is 10.8. The van der Waals surface area contributed by atoms with Crippen LogP contribution in [0.25, 0.3) is 0 Å². The van der Waals surface area contributed by atoms with Crippen LogP contribution in [0, 0.1) is 18.3 Å². The molecule has 24 heavy (non-hydrogen) atoms. The van der Waals surface area contributed by atoms with E-state index in [-0.39, 0.29) is 18.1 Å². The highest BCUT2D eigenvalue weighted by Crippen LogP contribution is 2.30. The maximum Gasteiger partial charge on any atom is 0.164 e. The van der Waals surface area contributed by atoms with Crippen LogP contribution >= 0.6 is 15.9 Å². The van der Waals surface area contributed by atoms with Crippen molar-refractivity contribution in [2.24, 2.45) is 5.10 Å². The monoisotopic (exact) mass is 390 g/mol. The van der Waals surface area contributed by atoms with Gasteiger partial charge in [-0.3, -0.25) is 5.43 Å². The highest BCUT2D eigenvalue weighted by atomic mass is 79.9. The van der Waals surface area contributed by atoms with Crippen LogP contribution in [-0.2, 0) is 11.3 Å². The van der Waals surface area contributed by atoms with Gasteiger partial charge in [-0.15, -0.1) is 0 Å². The molecule has 0 saturated heterocycles. The summed E-state index contributed by atoms with van der Waals surface area (Å²) in [5, 5.41) is 32.6. The fraction of sp³-hybridized carbons (Fsp3) is 0.188. The minimum Gasteiger partial charge on any atom is -0.507 e. The lowest BCUT2D eigenvalue weighted by atomic mass is 10.1. The molecule has 0 amide bonds. The highest BCUT2D eigenvalue weighted by molar-refractivity contribution is 9.10. The number of nitrogens with one attached hydrogen (secondary N) is 1. The standard InChI is InChI=1S/C16H15BrN4O3/c1-9-3-11(8-24-2)12(6-18)16(20-9)21-19-7-10-4-13(17)15(23)5-14(10)22/h3-5,7,22-23H,8H2,1-2H3,(H,20,21)/b19-7+. The summed E-state index contributed by atoms with van der Waals surface area (Å²) in [4.78, 5) is 4.26. The van der Waals surface area contributed by atoms with E-state index in [4.69, 9.17) is 4.74 Å². The van der Waals surface area contributed by atoms with Crippen molar-refractivity contribution in [3.05, 3.63) is 45.1 Å². The maximum absolute atomic E-state index is 9.79. The van der Waals surface area contributed by atoms with E-state index in [1.54, 1.807) is 20.1 Å². The summed E-state index contributed by atoms with van der Waals surface area (Å²) in [6.45, 7) is 2.09. The summed E-state index contributed by atoms with van der Waals surface area (Å²) < 4.78 is 5.51. The largest absolute Gasteiger partial charge is 0.507 e. The van der Waals surface area contributed by atoms with Gasteiger partial charge in [-0.05, 0) is 35.0 Å². The van der Waals surface area contributed by atoms with Gasteiger partial charge < -0.3 is 14.9 Å². The molecule has 0 unspecified atom stereocenters. The van der Waals surface area contributed by atoms with Crippen LogP contribution in [0.15, 0.2) is 27.8 Å². The molecule has 0 bridgehead atoms. The molecule has 0 fully saturated rings. The number of anilines is 1. The van der Waals surface area contributed by atoms with Gasteiger partial charge in [-0.25, -0.2) is 4.98 Å². The van der Waals surface area contributed by atoms with Crippen LogP contribution in [-0.4, -0.2) is 28.5 Å². The summed E-state index contributed by atoms with van der Waals surface area (Å²) in [6.07, 6.45) is 1.36. The number of aryl methyl sites for hydroxylation is 1. The van der Waals surface area contributed by atoms with E-state index < -0.39 is 0 Å². The van der Waals surface area contributed by atoms with Gasteiger partial charge >= 0.3 is 0 Å². The van der Waals surface area contributed by atoms with Crippen LogP contribution in [0.5, 0.6) is 11.5 Å². The van der Waals surface area contributed by atoms with E-state index in [1.807, 2.05) is 0 Å². The van der Waals surface area contributed by atoms with Crippen LogP contribution in [0.4, 0.5) is 5.82 Å². The molecule has 1 aromatic heterocycles. The van der Waals surface area contributed by atoms with Gasteiger partial charge in [-0.1, -0.05) is 0 Å². The Bertz CT molecular complexity index is 831. The average Bonchev–Trinajstić information content (AvgIpc) is 2.52. The van der Waals surface area contributed by atoms with Gasteiger partial charge in [0.05, 0.1) is 17.3 Å². The van der Waals surface area contributed by atoms with Crippen molar-refractivity contribution in [3.63, 3.8) is 0 Å². The van der Waals surface area contributed by atoms with Crippen molar-refractivity contribution in [1.29, 1.82) is 5.26 Å². The average molecular weight is 391 g/mol. The molecule has 3 N–H and O–H groups in total. The first-order valence-electron chi connectivity index (χ1n) is 6.86. The van der Waals surface area contributed by atoms with Gasteiger partial charge in [-0.2, -0.15) is 10.4 Å². The summed E-state index contributed by atoms with van der Waals surface area (Å²) in [5.74, 6) is 0.103. The fourth-order valence-corrected chi connectivity index (χ4v) is 2.41. The lowest BCUT2D eigenvalue weighted by Crippen LogP contribution is -2.03. The highest BCUT2D eigenvalue weighted by Gasteiger charge is 2.11. The van der Waals surface area contributed by atoms with Crippen molar-refractivity contribution in [1.82, 2.24) is 4.98 Å². The molecule has 124 valence electrons. The maximum atomic E-state index is 9.79. The number of ether oxygens (including phenoxy) is 1. The Balaban J connectivity index is 2.29. The Morgan fingerprint density at radius 1 is 1.38 bits per heavy atom. The van der Waals surface area contributed by atoms with Crippen molar-refractivity contribution in [2.75, 3.05) is 12.5 Å². The number of benzene rings is 1. The number of halogens is 1. The van der Waals surface area contributed by atoms with E-state index in [0.717, 1.165) is 0 Å². The second-order valence-electron chi connectivity index (χ2n) is 4.92. The van der Waals surface area contributed by atoms with E-state index in [2.05, 4.69) is 37.5 Å². The molecule has 0 spiro atoms. The molecular formula is C16H15BrN4O3. The molecule has 8 heteroatoms. The molecule has 7 nitrogen and oxygen atoms in total.